The van der Waals surface area contributed by atoms with Gasteiger partial charge in [0.25, 0.3) is 0 Å². The smallest absolute Gasteiger partial charge is 0.227 e. The van der Waals surface area contributed by atoms with Gasteiger partial charge in [0.2, 0.25) is 16.9 Å². The van der Waals surface area contributed by atoms with Crippen LogP contribution in [0.3, 0.4) is 0 Å². The first-order valence-corrected chi connectivity index (χ1v) is 8.81. The molecule has 2 heterocycles. The molecule has 1 aliphatic heterocycles. The number of carbonyl (C=O) groups is 2. The van der Waals surface area contributed by atoms with Crippen LogP contribution in [0.25, 0.3) is 0 Å². The summed E-state index contributed by atoms with van der Waals surface area (Å²) < 4.78 is 0. The molecule has 7 heteroatoms. The maximum Gasteiger partial charge on any atom is 0.227 e. The summed E-state index contributed by atoms with van der Waals surface area (Å²) in [5.74, 6) is 0.00746. The quantitative estimate of drug-likeness (QED) is 0.905. The number of hydrogen-bond donors (Lipinski definition) is 1. The largest absolute Gasteiger partial charge is 0.312 e. The molecule has 0 bridgehead atoms. The highest BCUT2D eigenvalue weighted by Crippen LogP contribution is 2.39. The van der Waals surface area contributed by atoms with E-state index in [1.807, 2.05) is 18.2 Å². The van der Waals surface area contributed by atoms with Gasteiger partial charge in [0.1, 0.15) is 5.51 Å². The second-order valence-electron chi connectivity index (χ2n) is 6.52. The molecule has 0 saturated heterocycles. The Kier molecular flexibility index (Phi) is 4.62. The molecular formula is C17H20N4O2S. The first kappa shape index (κ1) is 16.6. The highest BCUT2D eigenvalue weighted by Gasteiger charge is 2.35. The van der Waals surface area contributed by atoms with Gasteiger partial charge in [0.05, 0.1) is 0 Å². The number of aromatic nitrogens is 2. The first-order valence-electron chi connectivity index (χ1n) is 7.93. The lowest BCUT2D eigenvalue weighted by molar-refractivity contribution is -0.120. The van der Waals surface area contributed by atoms with Crippen molar-refractivity contribution in [3.63, 3.8) is 0 Å². The highest BCUT2D eigenvalue weighted by molar-refractivity contribution is 7.13. The lowest BCUT2D eigenvalue weighted by Gasteiger charge is -2.38. The average molecular weight is 344 g/mol. The van der Waals surface area contributed by atoms with Crippen molar-refractivity contribution < 1.29 is 9.59 Å². The number of carbonyl (C=O) groups excluding carboxylic acids is 2. The Balaban J connectivity index is 1.62. The van der Waals surface area contributed by atoms with Crippen LogP contribution < -0.4 is 10.2 Å². The van der Waals surface area contributed by atoms with Crippen LogP contribution in [0.4, 0.5) is 10.8 Å². The molecule has 0 atom stereocenters. The topological polar surface area (TPSA) is 75.2 Å². The summed E-state index contributed by atoms with van der Waals surface area (Å²) >= 11 is 1.28. The fraction of sp³-hybridized carbons (Fsp3) is 0.412. The fourth-order valence-electron chi connectivity index (χ4n) is 3.04. The Hall–Kier alpha value is -2.28. The molecule has 6 nitrogen and oxygen atoms in total. The van der Waals surface area contributed by atoms with Crippen molar-refractivity contribution in [1.82, 2.24) is 10.2 Å². The molecule has 0 fully saturated rings. The fourth-order valence-corrected chi connectivity index (χ4v) is 3.50. The average Bonchev–Trinajstić information content (AvgIpc) is 3.03. The first-order chi connectivity index (χ1) is 11.5. The van der Waals surface area contributed by atoms with Crippen LogP contribution >= 0.6 is 11.3 Å². The molecule has 0 saturated carbocycles. The van der Waals surface area contributed by atoms with E-state index >= 15 is 0 Å². The minimum atomic E-state index is -0.153. The summed E-state index contributed by atoms with van der Waals surface area (Å²) in [5.41, 5.74) is 3.56. The van der Waals surface area contributed by atoms with Crippen LogP contribution in [-0.4, -0.2) is 28.6 Å². The van der Waals surface area contributed by atoms with Crippen LogP contribution in [0, 0.1) is 0 Å². The van der Waals surface area contributed by atoms with E-state index in [2.05, 4.69) is 35.4 Å². The lowest BCUT2D eigenvalue weighted by atomic mass is 9.77. The van der Waals surface area contributed by atoms with Crippen LogP contribution in [0.5, 0.6) is 0 Å². The lowest BCUT2D eigenvalue weighted by Crippen LogP contribution is -2.42. The summed E-state index contributed by atoms with van der Waals surface area (Å²) in [6.07, 6.45) is 1.43. The predicted octanol–water partition coefficient (Wildman–Crippen LogP) is 2.97. The Morgan fingerprint density at radius 1 is 1.38 bits per heavy atom. The number of rotatable bonds is 5. The van der Waals surface area contributed by atoms with Gasteiger partial charge in [-0.1, -0.05) is 43.4 Å². The van der Waals surface area contributed by atoms with E-state index in [0.29, 0.717) is 30.9 Å². The van der Waals surface area contributed by atoms with Gasteiger partial charge in [-0.3, -0.25) is 9.59 Å². The second kappa shape index (κ2) is 6.68. The van der Waals surface area contributed by atoms with Crippen molar-refractivity contribution in [3.05, 3.63) is 35.3 Å². The molecule has 1 aromatic heterocycles. The summed E-state index contributed by atoms with van der Waals surface area (Å²) in [4.78, 5) is 26.2. The third-order valence-corrected chi connectivity index (χ3v) is 4.82. The number of anilines is 2. The summed E-state index contributed by atoms with van der Waals surface area (Å²) in [6, 6.07) is 8.01. The molecule has 2 amide bonds. The Bertz CT molecular complexity index is 743. The van der Waals surface area contributed by atoms with E-state index < -0.39 is 0 Å². The molecule has 126 valence electrons. The monoisotopic (exact) mass is 344 g/mol. The zero-order valence-corrected chi connectivity index (χ0v) is 14.6. The molecule has 24 heavy (non-hydrogen) atoms. The van der Waals surface area contributed by atoms with Crippen molar-refractivity contribution in [3.8, 4) is 0 Å². The molecule has 0 unspecified atom stereocenters. The van der Waals surface area contributed by atoms with E-state index in [1.165, 1.54) is 16.9 Å². The molecular weight excluding hydrogens is 324 g/mol. The van der Waals surface area contributed by atoms with Crippen molar-refractivity contribution in [2.45, 2.75) is 38.5 Å². The maximum atomic E-state index is 12.5. The summed E-state index contributed by atoms with van der Waals surface area (Å²) in [7, 11) is 0. The number of para-hydroxylation sites is 1. The van der Waals surface area contributed by atoms with Gasteiger partial charge in [-0.05, 0) is 18.1 Å². The van der Waals surface area contributed by atoms with Crippen molar-refractivity contribution in [2.75, 3.05) is 16.8 Å². The van der Waals surface area contributed by atoms with Gasteiger partial charge < -0.3 is 10.2 Å². The maximum absolute atomic E-state index is 12.5. The molecule has 1 N–H and O–H groups in total. The van der Waals surface area contributed by atoms with Gasteiger partial charge in [-0.15, -0.1) is 10.2 Å². The minimum Gasteiger partial charge on any atom is -0.312 e. The second-order valence-corrected chi connectivity index (χ2v) is 7.35. The van der Waals surface area contributed by atoms with Crippen molar-refractivity contribution in [2.24, 2.45) is 0 Å². The Labute approximate surface area is 144 Å². The standard InChI is InChI=1S/C17H20N4O2S/c1-17(2)10-15(23)21(13-7-4-3-6-12(13)17)9-5-8-14(22)19-16-20-18-11-24-16/h3-4,6-7,11H,5,8-10H2,1-2H3,(H,19,20,22). The van der Waals surface area contributed by atoms with Crippen molar-refractivity contribution >= 4 is 34.0 Å². The third kappa shape index (κ3) is 3.46. The predicted molar refractivity (Wildman–Crippen MR) is 94.2 cm³/mol. The molecule has 0 spiro atoms. The molecule has 1 aliphatic rings. The number of nitrogens with one attached hydrogen (secondary N) is 1. The van der Waals surface area contributed by atoms with Crippen LogP contribution in [-0.2, 0) is 15.0 Å². The summed E-state index contributed by atoms with van der Waals surface area (Å²) in [6.45, 7) is 4.72. The Morgan fingerprint density at radius 3 is 2.92 bits per heavy atom. The van der Waals surface area contributed by atoms with E-state index in [-0.39, 0.29) is 17.2 Å². The van der Waals surface area contributed by atoms with Crippen LogP contribution in [0.2, 0.25) is 0 Å². The molecule has 3 rings (SSSR count). The normalized spacial score (nSPS) is 15.9. The van der Waals surface area contributed by atoms with E-state index in [9.17, 15) is 9.59 Å². The van der Waals surface area contributed by atoms with Crippen molar-refractivity contribution in [1.29, 1.82) is 0 Å². The van der Waals surface area contributed by atoms with Gasteiger partial charge in [-0.2, -0.15) is 0 Å². The SMILES string of the molecule is CC1(C)CC(=O)N(CCCC(=O)Nc2nncs2)c2ccccc21. The minimum absolute atomic E-state index is 0.107. The molecule has 0 radical (unpaired) electrons. The van der Waals surface area contributed by atoms with E-state index in [0.717, 1.165) is 5.69 Å². The van der Waals surface area contributed by atoms with Gasteiger partial charge in [0, 0.05) is 30.5 Å². The zero-order chi connectivity index (χ0) is 17.2. The molecule has 2 aromatic rings. The molecule has 1 aromatic carbocycles. The van der Waals surface area contributed by atoms with Gasteiger partial charge in [0.15, 0.2) is 0 Å². The molecule has 0 aliphatic carbocycles. The number of amides is 2. The summed E-state index contributed by atoms with van der Waals surface area (Å²) in [5, 5.41) is 10.7. The number of fused-ring (bicyclic) bond motifs is 1. The van der Waals surface area contributed by atoms with Crippen LogP contribution in [0.1, 0.15) is 38.7 Å². The zero-order valence-electron chi connectivity index (χ0n) is 13.8. The third-order valence-electron chi connectivity index (χ3n) is 4.21. The number of nitrogens with zero attached hydrogens (tertiary/aromatic N) is 3. The number of hydrogen-bond acceptors (Lipinski definition) is 5. The van der Waals surface area contributed by atoms with Crippen LogP contribution in [0.15, 0.2) is 29.8 Å². The number of benzene rings is 1. The van der Waals surface area contributed by atoms with E-state index in [4.69, 9.17) is 0 Å². The van der Waals surface area contributed by atoms with Gasteiger partial charge >= 0.3 is 0 Å². The van der Waals surface area contributed by atoms with Gasteiger partial charge in [-0.25, -0.2) is 0 Å². The van der Waals surface area contributed by atoms with E-state index in [1.54, 1.807) is 10.4 Å². The Morgan fingerprint density at radius 2 is 2.17 bits per heavy atom. The highest BCUT2D eigenvalue weighted by atomic mass is 32.1.